The Kier molecular flexibility index (Phi) is 39.4. The Labute approximate surface area is 324 Å². The van der Waals surface area contributed by atoms with Crippen molar-refractivity contribution in [1.82, 2.24) is 26.2 Å². The van der Waals surface area contributed by atoms with Crippen LogP contribution in [-0.4, -0.2) is 74.5 Å². The standard InChI is InChI=1S/C44H91N5O3/c1-5-9-13-17-19-23-31-41(29-21-15-11-7-3)39-47-43(51)45-33-25-27-35-49(37-38-50)36-28-26-34-46-44(52)48-40-42(30-22-16-12-8-4)32-24-20-18-14-10-6-2/h41-42,50H,5-40H2,1-4H3,(H2,45,47,51)(H2,46,48,52). The van der Waals surface area contributed by atoms with Crippen LogP contribution in [0.4, 0.5) is 9.59 Å². The zero-order chi connectivity index (χ0) is 38.2. The van der Waals surface area contributed by atoms with E-state index in [1.807, 2.05) is 0 Å². The molecule has 0 radical (unpaired) electrons. The topological polar surface area (TPSA) is 106 Å². The Hall–Kier alpha value is -1.54. The summed E-state index contributed by atoms with van der Waals surface area (Å²) >= 11 is 0. The van der Waals surface area contributed by atoms with E-state index in [2.05, 4.69) is 53.9 Å². The number of urea groups is 2. The van der Waals surface area contributed by atoms with Gasteiger partial charge in [-0.2, -0.15) is 0 Å². The predicted octanol–water partition coefficient (Wildman–Crippen LogP) is 11.1. The number of aliphatic hydroxyl groups is 1. The number of hydrogen-bond donors (Lipinski definition) is 5. The molecule has 2 atom stereocenters. The smallest absolute Gasteiger partial charge is 0.314 e. The molecular weight excluding hydrogens is 647 g/mol. The lowest BCUT2D eigenvalue weighted by Gasteiger charge is -2.21. The van der Waals surface area contributed by atoms with Crippen molar-refractivity contribution in [3.8, 4) is 0 Å². The average molecular weight is 738 g/mol. The fourth-order valence-corrected chi connectivity index (χ4v) is 7.24. The lowest BCUT2D eigenvalue weighted by Crippen LogP contribution is -2.39. The molecule has 0 spiro atoms. The van der Waals surface area contributed by atoms with Crippen molar-refractivity contribution in [1.29, 1.82) is 0 Å². The number of amides is 4. The van der Waals surface area contributed by atoms with E-state index < -0.39 is 0 Å². The summed E-state index contributed by atoms with van der Waals surface area (Å²) in [7, 11) is 0. The molecule has 5 N–H and O–H groups in total. The van der Waals surface area contributed by atoms with Gasteiger partial charge in [-0.3, -0.25) is 0 Å². The van der Waals surface area contributed by atoms with Gasteiger partial charge >= 0.3 is 12.1 Å². The Balaban J connectivity index is 4.22. The summed E-state index contributed by atoms with van der Waals surface area (Å²) in [5.74, 6) is 1.17. The van der Waals surface area contributed by atoms with E-state index in [4.69, 9.17) is 0 Å². The third-order valence-electron chi connectivity index (χ3n) is 10.8. The third kappa shape index (κ3) is 35.5. The van der Waals surface area contributed by atoms with Gasteiger partial charge in [0.15, 0.2) is 0 Å². The maximum absolute atomic E-state index is 12.5. The lowest BCUT2D eigenvalue weighted by atomic mass is 9.94. The molecule has 310 valence electrons. The molecule has 4 amide bonds. The number of carbonyl (C=O) groups is 2. The summed E-state index contributed by atoms with van der Waals surface area (Å²) in [5.41, 5.74) is 0. The van der Waals surface area contributed by atoms with Crippen LogP contribution in [-0.2, 0) is 0 Å². The Morgan fingerprint density at radius 3 is 1.10 bits per heavy atom. The SMILES string of the molecule is CCCCCCCCC(CCCCCC)CNC(=O)NCCCCN(CCO)CCCCNC(=O)NCC(CCCCCC)CCCCCCCC. The zero-order valence-corrected chi connectivity index (χ0v) is 35.3. The van der Waals surface area contributed by atoms with Gasteiger partial charge in [-0.1, -0.05) is 156 Å². The molecule has 0 aliphatic rings. The first-order chi connectivity index (χ1) is 25.5. The zero-order valence-electron chi connectivity index (χ0n) is 35.3. The van der Waals surface area contributed by atoms with Crippen molar-refractivity contribution in [3.63, 3.8) is 0 Å². The van der Waals surface area contributed by atoms with Gasteiger partial charge < -0.3 is 31.3 Å². The Bertz CT molecular complexity index is 697. The van der Waals surface area contributed by atoms with Gasteiger partial charge in [-0.05, 0) is 76.3 Å². The van der Waals surface area contributed by atoms with Gasteiger partial charge in [0, 0.05) is 32.7 Å². The van der Waals surface area contributed by atoms with Crippen molar-refractivity contribution in [2.75, 3.05) is 52.4 Å². The van der Waals surface area contributed by atoms with Crippen molar-refractivity contribution in [3.05, 3.63) is 0 Å². The van der Waals surface area contributed by atoms with Crippen LogP contribution in [0.15, 0.2) is 0 Å². The van der Waals surface area contributed by atoms with E-state index in [0.29, 0.717) is 31.5 Å². The van der Waals surface area contributed by atoms with Crippen LogP contribution in [0, 0.1) is 11.8 Å². The second-order valence-electron chi connectivity index (χ2n) is 15.8. The molecule has 8 nitrogen and oxygen atoms in total. The van der Waals surface area contributed by atoms with E-state index in [1.165, 1.54) is 154 Å². The maximum Gasteiger partial charge on any atom is 0.314 e. The van der Waals surface area contributed by atoms with E-state index in [0.717, 1.165) is 51.9 Å². The Morgan fingerprint density at radius 1 is 0.423 bits per heavy atom. The first-order valence-corrected chi connectivity index (χ1v) is 22.9. The number of nitrogens with zero attached hydrogens (tertiary/aromatic N) is 1. The van der Waals surface area contributed by atoms with Crippen molar-refractivity contribution < 1.29 is 14.7 Å². The van der Waals surface area contributed by atoms with Crippen molar-refractivity contribution in [2.45, 2.75) is 207 Å². The van der Waals surface area contributed by atoms with Gasteiger partial charge in [0.2, 0.25) is 0 Å². The van der Waals surface area contributed by atoms with Crippen LogP contribution in [0.3, 0.4) is 0 Å². The normalized spacial score (nSPS) is 12.6. The maximum atomic E-state index is 12.5. The number of rotatable bonds is 40. The van der Waals surface area contributed by atoms with Crippen LogP contribution in [0.2, 0.25) is 0 Å². The minimum Gasteiger partial charge on any atom is -0.395 e. The summed E-state index contributed by atoms with van der Waals surface area (Å²) in [6.07, 6.45) is 34.8. The van der Waals surface area contributed by atoms with E-state index in [-0.39, 0.29) is 18.7 Å². The number of hydrogen-bond acceptors (Lipinski definition) is 4. The average Bonchev–Trinajstić information content (AvgIpc) is 3.14. The predicted molar refractivity (Wildman–Crippen MR) is 225 cm³/mol. The third-order valence-corrected chi connectivity index (χ3v) is 10.8. The van der Waals surface area contributed by atoms with Crippen LogP contribution in [0.5, 0.6) is 0 Å². The first-order valence-electron chi connectivity index (χ1n) is 22.9. The van der Waals surface area contributed by atoms with Gasteiger partial charge in [0.05, 0.1) is 6.61 Å². The molecular formula is C44H91N5O3. The van der Waals surface area contributed by atoms with Gasteiger partial charge in [-0.25, -0.2) is 9.59 Å². The fraction of sp³-hybridized carbons (Fsp3) is 0.955. The van der Waals surface area contributed by atoms with Crippen LogP contribution in [0.25, 0.3) is 0 Å². The number of aliphatic hydroxyl groups excluding tert-OH is 1. The molecule has 0 heterocycles. The minimum absolute atomic E-state index is 0.0365. The summed E-state index contributed by atoms with van der Waals surface area (Å²) in [6.45, 7) is 14.6. The summed E-state index contributed by atoms with van der Waals surface area (Å²) < 4.78 is 0. The molecule has 0 rings (SSSR count). The lowest BCUT2D eigenvalue weighted by molar-refractivity contribution is 0.190. The molecule has 0 aliphatic carbocycles. The molecule has 0 saturated heterocycles. The highest BCUT2D eigenvalue weighted by Gasteiger charge is 2.12. The van der Waals surface area contributed by atoms with Gasteiger partial charge in [0.1, 0.15) is 0 Å². The fourth-order valence-electron chi connectivity index (χ4n) is 7.24. The molecule has 0 aromatic heterocycles. The molecule has 0 aliphatic heterocycles. The Morgan fingerprint density at radius 2 is 0.750 bits per heavy atom. The number of nitrogens with one attached hydrogen (secondary N) is 4. The van der Waals surface area contributed by atoms with Crippen LogP contribution in [0.1, 0.15) is 207 Å². The van der Waals surface area contributed by atoms with Gasteiger partial charge in [-0.15, -0.1) is 0 Å². The highest BCUT2D eigenvalue weighted by Crippen LogP contribution is 2.20. The van der Waals surface area contributed by atoms with E-state index in [1.54, 1.807) is 0 Å². The summed E-state index contributed by atoms with van der Waals surface area (Å²) in [6, 6.07) is -0.0730. The summed E-state index contributed by atoms with van der Waals surface area (Å²) in [4.78, 5) is 27.4. The second kappa shape index (κ2) is 40.6. The molecule has 52 heavy (non-hydrogen) atoms. The molecule has 0 aromatic rings. The van der Waals surface area contributed by atoms with Crippen molar-refractivity contribution in [2.24, 2.45) is 11.8 Å². The molecule has 8 heteroatoms. The molecule has 0 aromatic carbocycles. The number of carbonyl (C=O) groups excluding carboxylic acids is 2. The van der Waals surface area contributed by atoms with Gasteiger partial charge in [0.25, 0.3) is 0 Å². The highest BCUT2D eigenvalue weighted by molar-refractivity contribution is 5.74. The van der Waals surface area contributed by atoms with E-state index >= 15 is 0 Å². The molecule has 2 unspecified atom stereocenters. The van der Waals surface area contributed by atoms with Crippen molar-refractivity contribution >= 4 is 12.1 Å². The van der Waals surface area contributed by atoms with Crippen LogP contribution < -0.4 is 21.3 Å². The second-order valence-corrected chi connectivity index (χ2v) is 15.8. The number of unbranched alkanes of at least 4 members (excludes halogenated alkanes) is 18. The first kappa shape index (κ1) is 50.5. The molecule has 0 bridgehead atoms. The molecule has 0 fully saturated rings. The quantitative estimate of drug-likeness (QED) is 0.0404. The van der Waals surface area contributed by atoms with Crippen LogP contribution >= 0.6 is 0 Å². The largest absolute Gasteiger partial charge is 0.395 e. The summed E-state index contributed by atoms with van der Waals surface area (Å²) in [5, 5.41) is 22.1. The monoisotopic (exact) mass is 738 g/mol. The molecule has 0 saturated carbocycles. The highest BCUT2D eigenvalue weighted by atomic mass is 16.3. The minimum atomic E-state index is -0.0365. The van der Waals surface area contributed by atoms with E-state index in [9.17, 15) is 14.7 Å².